The van der Waals surface area contributed by atoms with Gasteiger partial charge in [-0.15, -0.1) is 0 Å². The maximum absolute atomic E-state index is 12.2. The average Bonchev–Trinajstić information content (AvgIpc) is 2.55. The number of halogens is 3. The third kappa shape index (κ3) is 8.45. The summed E-state index contributed by atoms with van der Waals surface area (Å²) >= 11 is 0. The predicted molar refractivity (Wildman–Crippen MR) is 92.9 cm³/mol. The van der Waals surface area contributed by atoms with Gasteiger partial charge in [0, 0.05) is 12.6 Å². The largest absolute Gasteiger partial charge is 0.401 e. The molecule has 0 saturated heterocycles. The van der Waals surface area contributed by atoms with Crippen LogP contribution in [-0.4, -0.2) is 59.1 Å². The Labute approximate surface area is 151 Å². The molecule has 10 heteroatoms. The van der Waals surface area contributed by atoms with Crippen LogP contribution < -0.4 is 10.0 Å². The number of nitrogens with one attached hydrogen (secondary N) is 2. The maximum Gasteiger partial charge on any atom is 0.401 e. The molecule has 0 aliphatic rings. The number of hydrogen-bond donors (Lipinski definition) is 2. The first-order chi connectivity index (χ1) is 12.0. The number of carbonyl (C=O) groups is 1. The van der Waals surface area contributed by atoms with Crippen molar-refractivity contribution in [3.05, 3.63) is 35.9 Å². The van der Waals surface area contributed by atoms with E-state index in [0.29, 0.717) is 12.0 Å². The van der Waals surface area contributed by atoms with E-state index in [0.717, 1.165) is 4.90 Å². The van der Waals surface area contributed by atoms with Gasteiger partial charge in [0.25, 0.3) is 0 Å². The van der Waals surface area contributed by atoms with Crippen molar-refractivity contribution in [2.24, 2.45) is 0 Å². The van der Waals surface area contributed by atoms with E-state index in [1.54, 1.807) is 12.1 Å². The number of nitrogens with zero attached hydrogens (tertiary/aromatic N) is 1. The minimum atomic E-state index is -4.23. The van der Waals surface area contributed by atoms with Crippen LogP contribution in [0.1, 0.15) is 12.0 Å². The van der Waals surface area contributed by atoms with Gasteiger partial charge >= 0.3 is 6.18 Å². The molecule has 26 heavy (non-hydrogen) atoms. The van der Waals surface area contributed by atoms with Crippen LogP contribution in [0.4, 0.5) is 13.2 Å². The standard InChI is InChI=1S/C16H22F3N3O3S/c1-20-26(24,25)14-7-4-13(5-8-14)6-9-15(23)21-10-3-11-22(2)12-16(17,18)19/h4-9,20H,3,10-12H2,1-2H3,(H,21,23)/b9-6+. The molecule has 2 N–H and O–H groups in total. The van der Waals surface area contributed by atoms with Crippen molar-refractivity contribution in [2.75, 3.05) is 33.7 Å². The summed E-state index contributed by atoms with van der Waals surface area (Å²) in [6, 6.07) is 5.94. The first kappa shape index (κ1) is 22.1. The van der Waals surface area contributed by atoms with Gasteiger partial charge in [0.05, 0.1) is 11.4 Å². The van der Waals surface area contributed by atoms with E-state index < -0.39 is 22.7 Å². The molecule has 0 atom stereocenters. The predicted octanol–water partition coefficient (Wildman–Crippen LogP) is 1.61. The van der Waals surface area contributed by atoms with Crippen molar-refractivity contribution in [3.8, 4) is 0 Å². The van der Waals surface area contributed by atoms with E-state index >= 15 is 0 Å². The summed E-state index contributed by atoms with van der Waals surface area (Å²) in [6.45, 7) is -0.518. The molecule has 0 fully saturated rings. The Morgan fingerprint density at radius 2 is 1.85 bits per heavy atom. The fraction of sp³-hybridized carbons (Fsp3) is 0.438. The lowest BCUT2D eigenvalue weighted by Crippen LogP contribution is -2.33. The van der Waals surface area contributed by atoms with Crippen molar-refractivity contribution in [2.45, 2.75) is 17.5 Å². The smallest absolute Gasteiger partial charge is 0.353 e. The Hall–Kier alpha value is -1.91. The molecule has 6 nitrogen and oxygen atoms in total. The molecule has 1 aromatic rings. The van der Waals surface area contributed by atoms with Crippen molar-refractivity contribution in [3.63, 3.8) is 0 Å². The molecule has 0 aliphatic carbocycles. The second-order valence-corrected chi connectivity index (χ2v) is 7.49. The number of rotatable bonds is 9. The van der Waals surface area contributed by atoms with E-state index in [9.17, 15) is 26.4 Å². The zero-order chi connectivity index (χ0) is 19.8. The zero-order valence-electron chi connectivity index (χ0n) is 14.5. The summed E-state index contributed by atoms with van der Waals surface area (Å²) < 4.78 is 61.9. The summed E-state index contributed by atoms with van der Waals surface area (Å²) in [5.74, 6) is -0.379. The molecule has 0 saturated carbocycles. The zero-order valence-corrected chi connectivity index (χ0v) is 15.3. The number of alkyl halides is 3. The lowest BCUT2D eigenvalue weighted by atomic mass is 10.2. The van der Waals surface area contributed by atoms with E-state index in [1.165, 1.54) is 38.4 Å². The SMILES string of the molecule is CNS(=O)(=O)c1ccc(/C=C/C(=O)NCCCN(C)CC(F)(F)F)cc1. The van der Waals surface area contributed by atoms with Gasteiger partial charge in [0.1, 0.15) is 0 Å². The molecular formula is C16H22F3N3O3S. The van der Waals surface area contributed by atoms with Gasteiger partial charge in [-0.3, -0.25) is 9.69 Å². The van der Waals surface area contributed by atoms with E-state index in [4.69, 9.17) is 0 Å². The van der Waals surface area contributed by atoms with Crippen LogP contribution in [0.5, 0.6) is 0 Å². The summed E-state index contributed by atoms with van der Waals surface area (Å²) in [6.07, 6.45) is -1.05. The monoisotopic (exact) mass is 393 g/mol. The summed E-state index contributed by atoms with van der Waals surface area (Å²) in [4.78, 5) is 12.9. The van der Waals surface area contributed by atoms with Crippen molar-refractivity contribution in [1.82, 2.24) is 14.9 Å². The molecule has 0 aliphatic heterocycles. The van der Waals surface area contributed by atoms with Crippen molar-refractivity contribution < 1.29 is 26.4 Å². The maximum atomic E-state index is 12.2. The average molecular weight is 393 g/mol. The molecule has 0 radical (unpaired) electrons. The number of amides is 1. The van der Waals surface area contributed by atoms with Crippen LogP contribution in [0.3, 0.4) is 0 Å². The summed E-state index contributed by atoms with van der Waals surface area (Å²) in [7, 11) is -0.825. The molecule has 0 unspecified atom stereocenters. The van der Waals surface area contributed by atoms with Gasteiger partial charge < -0.3 is 5.32 Å². The highest BCUT2D eigenvalue weighted by Crippen LogP contribution is 2.15. The van der Waals surface area contributed by atoms with Gasteiger partial charge in [0.15, 0.2) is 0 Å². The van der Waals surface area contributed by atoms with Crippen LogP contribution in [0.15, 0.2) is 35.2 Å². The van der Waals surface area contributed by atoms with Crippen LogP contribution in [0, 0.1) is 0 Å². The highest BCUT2D eigenvalue weighted by molar-refractivity contribution is 7.89. The lowest BCUT2D eigenvalue weighted by molar-refractivity contribution is -0.143. The van der Waals surface area contributed by atoms with E-state index in [2.05, 4.69) is 10.0 Å². The van der Waals surface area contributed by atoms with Crippen molar-refractivity contribution >= 4 is 22.0 Å². The fourth-order valence-electron chi connectivity index (χ4n) is 2.05. The Morgan fingerprint density at radius 3 is 2.38 bits per heavy atom. The van der Waals surface area contributed by atoms with Gasteiger partial charge in [-0.25, -0.2) is 13.1 Å². The summed E-state index contributed by atoms with van der Waals surface area (Å²) in [5, 5.41) is 2.58. The molecule has 0 spiro atoms. The molecule has 0 aromatic heterocycles. The van der Waals surface area contributed by atoms with Gasteiger partial charge in [-0.05, 0) is 50.8 Å². The third-order valence-electron chi connectivity index (χ3n) is 3.35. The minimum Gasteiger partial charge on any atom is -0.353 e. The third-order valence-corrected chi connectivity index (χ3v) is 4.78. The molecule has 146 valence electrons. The Morgan fingerprint density at radius 1 is 1.23 bits per heavy atom. The lowest BCUT2D eigenvalue weighted by Gasteiger charge is -2.18. The Kier molecular flexibility index (Phi) is 8.25. The number of benzene rings is 1. The van der Waals surface area contributed by atoms with Crippen LogP contribution in [0.25, 0.3) is 6.08 Å². The second-order valence-electron chi connectivity index (χ2n) is 5.61. The van der Waals surface area contributed by atoms with E-state index in [-0.39, 0.29) is 23.9 Å². The number of sulfonamides is 1. The van der Waals surface area contributed by atoms with Crippen molar-refractivity contribution in [1.29, 1.82) is 0 Å². The van der Waals surface area contributed by atoms with Crippen LogP contribution >= 0.6 is 0 Å². The van der Waals surface area contributed by atoms with Crippen LogP contribution in [-0.2, 0) is 14.8 Å². The first-order valence-electron chi connectivity index (χ1n) is 7.78. The Balaban J connectivity index is 2.39. The number of carbonyl (C=O) groups excluding carboxylic acids is 1. The Bertz CT molecular complexity index is 716. The molecule has 0 heterocycles. The molecule has 1 aromatic carbocycles. The normalized spacial score (nSPS) is 12.7. The van der Waals surface area contributed by atoms with Gasteiger partial charge in [0.2, 0.25) is 15.9 Å². The highest BCUT2D eigenvalue weighted by atomic mass is 32.2. The fourth-order valence-corrected chi connectivity index (χ4v) is 2.78. The van der Waals surface area contributed by atoms with Crippen LogP contribution in [0.2, 0.25) is 0 Å². The second kappa shape index (κ2) is 9.70. The van der Waals surface area contributed by atoms with E-state index in [1.807, 2.05) is 0 Å². The molecule has 0 bridgehead atoms. The first-order valence-corrected chi connectivity index (χ1v) is 9.26. The topological polar surface area (TPSA) is 78.5 Å². The summed E-state index contributed by atoms with van der Waals surface area (Å²) in [5.41, 5.74) is 0.639. The molecule has 1 rings (SSSR count). The minimum absolute atomic E-state index is 0.115. The quantitative estimate of drug-likeness (QED) is 0.494. The molecular weight excluding hydrogens is 371 g/mol. The number of hydrogen-bond acceptors (Lipinski definition) is 4. The highest BCUT2D eigenvalue weighted by Gasteiger charge is 2.28. The molecule has 1 amide bonds. The van der Waals surface area contributed by atoms with Gasteiger partial charge in [-0.1, -0.05) is 12.1 Å². The van der Waals surface area contributed by atoms with Gasteiger partial charge in [-0.2, -0.15) is 13.2 Å².